The minimum atomic E-state index is -1.13. The molecule has 0 saturated carbocycles. The quantitative estimate of drug-likeness (QED) is 0.0646. The first-order valence-electron chi connectivity index (χ1n) is 22.1. The predicted octanol–water partition coefficient (Wildman–Crippen LogP) is 4.39. The van der Waals surface area contributed by atoms with Gasteiger partial charge < -0.3 is 67.3 Å². The molecule has 17 heteroatoms. The number of carbonyl (C=O) groups excluding carboxylic acids is 2. The molecule has 0 aromatic rings. The van der Waals surface area contributed by atoms with Crippen LogP contribution in [-0.4, -0.2) is 181 Å². The number of hydrogen-bond acceptors (Lipinski definition) is 15. The SMILES string of the molecule is CCCCCCCCCCCCCCCC(=O)OCCOCCOCCOCCOCCOCCOCCOCCOCCOCCOCCNC(=O)COCC(=O)O. The summed E-state index contributed by atoms with van der Waals surface area (Å²) >= 11 is 0. The Kier molecular flexibility index (Phi) is 48.6. The minimum absolute atomic E-state index is 0.141. The zero-order valence-corrected chi connectivity index (χ0v) is 36.4. The first-order valence-corrected chi connectivity index (χ1v) is 22.1. The molecule has 2 N–H and O–H groups in total. The predicted molar refractivity (Wildman–Crippen MR) is 221 cm³/mol. The fourth-order valence-electron chi connectivity index (χ4n) is 5.20. The topological polar surface area (TPSA) is 194 Å². The van der Waals surface area contributed by atoms with E-state index in [0.29, 0.717) is 145 Å². The number of carboxylic acids is 1. The normalized spacial score (nSPS) is 11.3. The van der Waals surface area contributed by atoms with Gasteiger partial charge in [-0.3, -0.25) is 9.59 Å². The second-order valence-corrected chi connectivity index (χ2v) is 13.6. The zero-order valence-electron chi connectivity index (χ0n) is 36.4. The summed E-state index contributed by atoms with van der Waals surface area (Å²) in [5, 5.41) is 11.0. The van der Waals surface area contributed by atoms with Crippen molar-refractivity contribution in [2.45, 2.75) is 96.8 Å². The fourth-order valence-corrected chi connectivity index (χ4v) is 5.20. The van der Waals surface area contributed by atoms with Crippen LogP contribution >= 0.6 is 0 Å². The summed E-state index contributed by atoms with van der Waals surface area (Å²) in [5.74, 6) is -1.67. The molecule has 0 bridgehead atoms. The van der Waals surface area contributed by atoms with Gasteiger partial charge in [-0.2, -0.15) is 0 Å². The maximum atomic E-state index is 11.9. The van der Waals surface area contributed by atoms with Crippen molar-refractivity contribution in [2.75, 3.05) is 159 Å². The molecule has 0 atom stereocenters. The summed E-state index contributed by atoms with van der Waals surface area (Å²) in [4.78, 5) is 33.6. The maximum Gasteiger partial charge on any atom is 0.329 e. The zero-order chi connectivity index (χ0) is 42.8. The molecular formula is C42H81NO16. The van der Waals surface area contributed by atoms with Crippen molar-refractivity contribution in [1.29, 1.82) is 0 Å². The van der Waals surface area contributed by atoms with Gasteiger partial charge in [-0.05, 0) is 6.42 Å². The second kappa shape index (κ2) is 50.3. The fraction of sp³-hybridized carbons (Fsp3) is 0.929. The molecule has 0 rings (SSSR count). The van der Waals surface area contributed by atoms with Crippen LogP contribution in [0.15, 0.2) is 0 Å². The van der Waals surface area contributed by atoms with E-state index >= 15 is 0 Å². The highest BCUT2D eigenvalue weighted by molar-refractivity contribution is 5.77. The van der Waals surface area contributed by atoms with Crippen molar-refractivity contribution in [3.8, 4) is 0 Å². The van der Waals surface area contributed by atoms with Gasteiger partial charge >= 0.3 is 11.9 Å². The van der Waals surface area contributed by atoms with Crippen LogP contribution in [0.1, 0.15) is 96.8 Å². The molecule has 0 aliphatic heterocycles. The van der Waals surface area contributed by atoms with Gasteiger partial charge in [-0.25, -0.2) is 4.79 Å². The van der Waals surface area contributed by atoms with Gasteiger partial charge in [0.25, 0.3) is 0 Å². The Labute approximate surface area is 354 Å². The van der Waals surface area contributed by atoms with E-state index in [-0.39, 0.29) is 19.2 Å². The van der Waals surface area contributed by atoms with E-state index in [1.807, 2.05) is 0 Å². The van der Waals surface area contributed by atoms with Gasteiger partial charge in [0.15, 0.2) is 0 Å². The van der Waals surface area contributed by atoms with Gasteiger partial charge in [0.1, 0.15) is 19.8 Å². The standard InChI is InChI=1S/C42H81NO16/c1-2-3-4-5-6-7-8-9-10-11-12-13-14-15-42(47)59-37-36-57-35-34-56-33-32-55-31-30-54-29-28-53-27-26-52-25-24-51-23-22-50-21-20-49-19-18-48-17-16-43-40(44)38-58-39-41(45)46/h2-39H2,1H3,(H,43,44)(H,45,46). The molecule has 0 spiro atoms. The summed E-state index contributed by atoms with van der Waals surface area (Å²) in [6.45, 7) is 10.9. The number of carbonyl (C=O) groups is 3. The largest absolute Gasteiger partial charge is 0.480 e. The van der Waals surface area contributed by atoms with Gasteiger partial charge in [0, 0.05) is 13.0 Å². The van der Waals surface area contributed by atoms with Crippen LogP contribution in [0.3, 0.4) is 0 Å². The third-order valence-corrected chi connectivity index (χ3v) is 8.35. The highest BCUT2D eigenvalue weighted by atomic mass is 16.6. The van der Waals surface area contributed by atoms with Crippen LogP contribution in [0.4, 0.5) is 0 Å². The lowest BCUT2D eigenvalue weighted by atomic mass is 10.0. The van der Waals surface area contributed by atoms with Crippen molar-refractivity contribution in [2.24, 2.45) is 0 Å². The van der Waals surface area contributed by atoms with Crippen molar-refractivity contribution < 1.29 is 76.3 Å². The number of rotatable bonds is 51. The van der Waals surface area contributed by atoms with Gasteiger partial charge in [0.2, 0.25) is 5.91 Å². The lowest BCUT2D eigenvalue weighted by Gasteiger charge is -2.09. The van der Waals surface area contributed by atoms with Crippen LogP contribution in [0.5, 0.6) is 0 Å². The molecule has 17 nitrogen and oxygen atoms in total. The van der Waals surface area contributed by atoms with E-state index < -0.39 is 18.5 Å². The van der Waals surface area contributed by atoms with Crippen LogP contribution in [-0.2, 0) is 71.2 Å². The van der Waals surface area contributed by atoms with Crippen LogP contribution in [0.2, 0.25) is 0 Å². The number of amides is 1. The molecule has 0 radical (unpaired) electrons. The second-order valence-electron chi connectivity index (χ2n) is 13.6. The Bertz CT molecular complexity index is 888. The molecule has 0 aliphatic carbocycles. The van der Waals surface area contributed by atoms with Crippen molar-refractivity contribution in [3.63, 3.8) is 0 Å². The average Bonchev–Trinajstić information content (AvgIpc) is 3.22. The molecule has 0 aromatic carbocycles. The van der Waals surface area contributed by atoms with Crippen molar-refractivity contribution in [3.05, 3.63) is 0 Å². The molecule has 1 amide bonds. The van der Waals surface area contributed by atoms with Gasteiger partial charge in [-0.1, -0.05) is 84.0 Å². The number of hydrogen-bond donors (Lipinski definition) is 2. The minimum Gasteiger partial charge on any atom is -0.480 e. The molecule has 0 aliphatic rings. The van der Waals surface area contributed by atoms with E-state index in [0.717, 1.165) is 12.8 Å². The van der Waals surface area contributed by atoms with E-state index in [1.54, 1.807) is 0 Å². The summed E-state index contributed by atoms with van der Waals surface area (Å²) in [7, 11) is 0. The van der Waals surface area contributed by atoms with Crippen LogP contribution in [0.25, 0.3) is 0 Å². The average molecular weight is 856 g/mol. The number of esters is 1. The third-order valence-electron chi connectivity index (χ3n) is 8.35. The molecule has 350 valence electrons. The number of aliphatic carboxylic acids is 1. The van der Waals surface area contributed by atoms with Crippen molar-refractivity contribution >= 4 is 17.8 Å². The summed E-state index contributed by atoms with van der Waals surface area (Å²) in [5.41, 5.74) is 0. The van der Waals surface area contributed by atoms with E-state index in [9.17, 15) is 14.4 Å². The van der Waals surface area contributed by atoms with Crippen LogP contribution < -0.4 is 5.32 Å². The lowest BCUT2D eigenvalue weighted by Crippen LogP contribution is -2.31. The third kappa shape index (κ3) is 52.0. The number of nitrogens with one attached hydrogen (secondary N) is 1. The Morgan fingerprint density at radius 1 is 0.373 bits per heavy atom. The van der Waals surface area contributed by atoms with Gasteiger partial charge in [-0.15, -0.1) is 0 Å². The first kappa shape index (κ1) is 57.0. The molecule has 0 saturated heterocycles. The van der Waals surface area contributed by atoms with Crippen LogP contribution in [0, 0.1) is 0 Å². The summed E-state index contributed by atoms with van der Waals surface area (Å²) in [6, 6.07) is 0. The monoisotopic (exact) mass is 856 g/mol. The highest BCUT2D eigenvalue weighted by Crippen LogP contribution is 2.13. The Balaban J connectivity index is 3.15. The van der Waals surface area contributed by atoms with Gasteiger partial charge in [0.05, 0.1) is 132 Å². The van der Waals surface area contributed by atoms with Crippen molar-refractivity contribution in [1.82, 2.24) is 5.32 Å². The Morgan fingerprint density at radius 2 is 0.678 bits per heavy atom. The number of ether oxygens (including phenoxy) is 12. The summed E-state index contributed by atoms with van der Waals surface area (Å²) in [6.07, 6.45) is 17.2. The molecular weight excluding hydrogens is 774 g/mol. The smallest absolute Gasteiger partial charge is 0.329 e. The molecule has 0 heterocycles. The maximum absolute atomic E-state index is 11.9. The van der Waals surface area contributed by atoms with E-state index in [4.69, 9.17) is 57.2 Å². The highest BCUT2D eigenvalue weighted by Gasteiger charge is 2.04. The Hall–Kier alpha value is -2.03. The Morgan fingerprint density at radius 3 is 1.02 bits per heavy atom. The number of carboxylic acid groups (broad SMARTS) is 1. The molecule has 0 unspecified atom stereocenters. The lowest BCUT2D eigenvalue weighted by molar-refractivity contribution is -0.146. The molecule has 0 fully saturated rings. The molecule has 0 aromatic heterocycles. The first-order chi connectivity index (χ1) is 29.1. The number of unbranched alkanes of at least 4 members (excludes halogenated alkanes) is 12. The summed E-state index contributed by atoms with van der Waals surface area (Å²) < 4.78 is 64.5. The molecule has 59 heavy (non-hydrogen) atoms. The van der Waals surface area contributed by atoms with E-state index in [2.05, 4.69) is 17.0 Å². The van der Waals surface area contributed by atoms with E-state index in [1.165, 1.54) is 70.6 Å².